The molecular weight excluding hydrogens is 316 g/mol. The number of rotatable bonds is 7. The van der Waals surface area contributed by atoms with Crippen LogP contribution in [0.5, 0.6) is 5.75 Å². The molecule has 0 saturated heterocycles. The van der Waals surface area contributed by atoms with E-state index in [9.17, 15) is 4.79 Å². The fourth-order valence-electron chi connectivity index (χ4n) is 2.64. The summed E-state index contributed by atoms with van der Waals surface area (Å²) in [6, 6.07) is 13.8. The molecule has 3 aromatic rings. The quantitative estimate of drug-likeness (QED) is 0.532. The SMILES string of the molecule is COc1cccc(-c2cc(-c3cc(C)n(CCNC=O)n3)ccn2)c1. The van der Waals surface area contributed by atoms with Crippen molar-refractivity contribution in [2.75, 3.05) is 13.7 Å². The molecule has 0 unspecified atom stereocenters. The van der Waals surface area contributed by atoms with Gasteiger partial charge in [0.25, 0.3) is 0 Å². The van der Waals surface area contributed by atoms with Crippen molar-refractivity contribution >= 4 is 6.41 Å². The first-order valence-corrected chi connectivity index (χ1v) is 8.03. The number of carbonyl (C=O) groups is 1. The third-order valence-electron chi connectivity index (χ3n) is 3.95. The van der Waals surface area contributed by atoms with Gasteiger partial charge in [0.15, 0.2) is 0 Å². The minimum absolute atomic E-state index is 0.552. The molecule has 0 saturated carbocycles. The van der Waals surface area contributed by atoms with Gasteiger partial charge in [-0.25, -0.2) is 0 Å². The fraction of sp³-hybridized carbons (Fsp3) is 0.211. The summed E-state index contributed by atoms with van der Waals surface area (Å²) in [5.74, 6) is 0.799. The van der Waals surface area contributed by atoms with Gasteiger partial charge in [-0.05, 0) is 37.3 Å². The zero-order valence-electron chi connectivity index (χ0n) is 14.3. The Kier molecular flexibility index (Phi) is 5.09. The summed E-state index contributed by atoms with van der Waals surface area (Å²) in [6.07, 6.45) is 2.48. The lowest BCUT2D eigenvalue weighted by molar-refractivity contribution is -0.109. The first-order chi connectivity index (χ1) is 12.2. The Balaban J connectivity index is 1.88. The van der Waals surface area contributed by atoms with E-state index in [0.29, 0.717) is 19.5 Å². The van der Waals surface area contributed by atoms with Crippen LogP contribution in [-0.2, 0) is 11.3 Å². The molecule has 0 aliphatic rings. The molecule has 3 rings (SSSR count). The number of aryl methyl sites for hydroxylation is 1. The molecule has 0 aliphatic carbocycles. The van der Waals surface area contributed by atoms with Crippen LogP contribution in [0.25, 0.3) is 22.5 Å². The van der Waals surface area contributed by atoms with Crippen LogP contribution in [0, 0.1) is 6.92 Å². The number of hydrogen-bond donors (Lipinski definition) is 1. The third kappa shape index (κ3) is 3.85. The highest BCUT2D eigenvalue weighted by Crippen LogP contribution is 2.26. The van der Waals surface area contributed by atoms with Gasteiger partial charge < -0.3 is 10.1 Å². The summed E-state index contributed by atoms with van der Waals surface area (Å²) in [7, 11) is 1.65. The highest BCUT2D eigenvalue weighted by atomic mass is 16.5. The average molecular weight is 336 g/mol. The number of pyridine rings is 1. The van der Waals surface area contributed by atoms with Crippen molar-refractivity contribution in [1.82, 2.24) is 20.1 Å². The van der Waals surface area contributed by atoms with Crippen molar-refractivity contribution in [1.29, 1.82) is 0 Å². The average Bonchev–Trinajstić information content (AvgIpc) is 3.03. The molecule has 1 amide bonds. The summed E-state index contributed by atoms with van der Waals surface area (Å²) < 4.78 is 7.17. The van der Waals surface area contributed by atoms with Gasteiger partial charge in [0, 0.05) is 29.6 Å². The highest BCUT2D eigenvalue weighted by Gasteiger charge is 2.09. The molecule has 2 heterocycles. The molecule has 2 aromatic heterocycles. The normalized spacial score (nSPS) is 10.5. The van der Waals surface area contributed by atoms with Gasteiger partial charge in [0.2, 0.25) is 6.41 Å². The molecule has 0 aliphatic heterocycles. The number of amides is 1. The fourth-order valence-corrected chi connectivity index (χ4v) is 2.64. The van der Waals surface area contributed by atoms with E-state index in [4.69, 9.17) is 4.74 Å². The molecule has 0 bridgehead atoms. The van der Waals surface area contributed by atoms with Gasteiger partial charge in [-0.3, -0.25) is 14.5 Å². The Labute approximate surface area is 146 Å². The van der Waals surface area contributed by atoms with E-state index in [1.165, 1.54) is 0 Å². The first-order valence-electron chi connectivity index (χ1n) is 8.03. The maximum Gasteiger partial charge on any atom is 0.207 e. The van der Waals surface area contributed by atoms with E-state index in [1.807, 2.05) is 54.1 Å². The van der Waals surface area contributed by atoms with Crippen LogP contribution in [0.15, 0.2) is 48.7 Å². The maximum atomic E-state index is 10.4. The van der Waals surface area contributed by atoms with Crippen LogP contribution in [0.4, 0.5) is 0 Å². The van der Waals surface area contributed by atoms with Crippen molar-refractivity contribution in [2.24, 2.45) is 0 Å². The van der Waals surface area contributed by atoms with Gasteiger partial charge >= 0.3 is 0 Å². The minimum Gasteiger partial charge on any atom is -0.497 e. The van der Waals surface area contributed by atoms with Gasteiger partial charge in [-0.1, -0.05) is 12.1 Å². The second kappa shape index (κ2) is 7.61. The van der Waals surface area contributed by atoms with Crippen molar-refractivity contribution in [3.05, 3.63) is 54.4 Å². The molecule has 0 fully saturated rings. The molecule has 6 nitrogen and oxygen atoms in total. The second-order valence-corrected chi connectivity index (χ2v) is 5.63. The Morgan fingerprint density at radius 3 is 2.80 bits per heavy atom. The van der Waals surface area contributed by atoms with Gasteiger partial charge in [0.05, 0.1) is 25.0 Å². The predicted octanol–water partition coefficient (Wildman–Crippen LogP) is 2.68. The van der Waals surface area contributed by atoms with Crippen LogP contribution >= 0.6 is 0 Å². The summed E-state index contributed by atoms with van der Waals surface area (Å²) in [5, 5.41) is 7.28. The molecule has 0 atom stereocenters. The first kappa shape index (κ1) is 16.7. The van der Waals surface area contributed by atoms with Crippen LogP contribution in [0.2, 0.25) is 0 Å². The Hall–Kier alpha value is -3.15. The van der Waals surface area contributed by atoms with Crippen LogP contribution in [0.1, 0.15) is 5.69 Å². The number of nitrogens with one attached hydrogen (secondary N) is 1. The van der Waals surface area contributed by atoms with Gasteiger partial charge in [-0.2, -0.15) is 5.10 Å². The number of hydrogen-bond acceptors (Lipinski definition) is 4. The smallest absolute Gasteiger partial charge is 0.207 e. The monoisotopic (exact) mass is 336 g/mol. The number of methoxy groups -OCH3 is 1. The largest absolute Gasteiger partial charge is 0.497 e. The Morgan fingerprint density at radius 1 is 1.16 bits per heavy atom. The lowest BCUT2D eigenvalue weighted by atomic mass is 10.1. The molecule has 6 heteroatoms. The van der Waals surface area contributed by atoms with Crippen molar-refractivity contribution in [3.8, 4) is 28.3 Å². The summed E-state index contributed by atoms with van der Waals surface area (Å²) in [6.45, 7) is 3.19. The van der Waals surface area contributed by atoms with Gasteiger partial charge in [-0.15, -0.1) is 0 Å². The molecule has 0 spiro atoms. The van der Waals surface area contributed by atoms with E-state index < -0.39 is 0 Å². The van der Waals surface area contributed by atoms with E-state index in [0.717, 1.165) is 34.0 Å². The molecule has 1 aromatic carbocycles. The van der Waals surface area contributed by atoms with E-state index in [1.54, 1.807) is 13.3 Å². The summed E-state index contributed by atoms with van der Waals surface area (Å²) in [4.78, 5) is 14.8. The maximum absolute atomic E-state index is 10.4. The van der Waals surface area contributed by atoms with Crippen molar-refractivity contribution in [2.45, 2.75) is 13.5 Å². The van der Waals surface area contributed by atoms with E-state index in [2.05, 4.69) is 15.4 Å². The zero-order chi connectivity index (χ0) is 17.6. The van der Waals surface area contributed by atoms with Gasteiger partial charge in [0.1, 0.15) is 5.75 Å². The molecule has 0 radical (unpaired) electrons. The molecule has 25 heavy (non-hydrogen) atoms. The lowest BCUT2D eigenvalue weighted by Crippen LogP contribution is -2.19. The van der Waals surface area contributed by atoms with E-state index in [-0.39, 0.29) is 0 Å². The number of aromatic nitrogens is 3. The molecule has 128 valence electrons. The third-order valence-corrected chi connectivity index (χ3v) is 3.95. The highest BCUT2D eigenvalue weighted by molar-refractivity contribution is 5.69. The number of ether oxygens (including phenoxy) is 1. The number of benzene rings is 1. The van der Waals surface area contributed by atoms with Crippen LogP contribution in [0.3, 0.4) is 0 Å². The predicted molar refractivity (Wildman–Crippen MR) is 96.2 cm³/mol. The molecule has 1 N–H and O–H groups in total. The lowest BCUT2D eigenvalue weighted by Gasteiger charge is -2.05. The number of nitrogens with zero attached hydrogens (tertiary/aromatic N) is 3. The van der Waals surface area contributed by atoms with Crippen LogP contribution in [-0.4, -0.2) is 34.8 Å². The Bertz CT molecular complexity index is 873. The molecular formula is C19H20N4O2. The standard InChI is InChI=1S/C19H20N4O2/c1-14-10-19(22-23(14)9-8-20-13-24)16-6-7-21-18(12-16)15-4-3-5-17(11-15)25-2/h3-7,10-13H,8-9H2,1-2H3,(H,20,24). The zero-order valence-corrected chi connectivity index (χ0v) is 14.3. The van der Waals surface area contributed by atoms with Crippen LogP contribution < -0.4 is 10.1 Å². The summed E-state index contributed by atoms with van der Waals surface area (Å²) >= 11 is 0. The van der Waals surface area contributed by atoms with Crippen molar-refractivity contribution in [3.63, 3.8) is 0 Å². The summed E-state index contributed by atoms with van der Waals surface area (Å²) in [5.41, 5.74) is 4.79. The minimum atomic E-state index is 0.552. The second-order valence-electron chi connectivity index (χ2n) is 5.63. The topological polar surface area (TPSA) is 69.0 Å². The van der Waals surface area contributed by atoms with E-state index >= 15 is 0 Å². The number of carbonyl (C=O) groups excluding carboxylic acids is 1. The Morgan fingerprint density at radius 2 is 2.00 bits per heavy atom. The van der Waals surface area contributed by atoms with Crippen molar-refractivity contribution < 1.29 is 9.53 Å².